The highest BCUT2D eigenvalue weighted by atomic mass is 16.5. The zero-order valence-corrected chi connectivity index (χ0v) is 16.7. The fourth-order valence-corrected chi connectivity index (χ4v) is 3.25. The Hall–Kier alpha value is -3.16. The van der Waals surface area contributed by atoms with Crippen molar-refractivity contribution < 1.29 is 9.53 Å². The van der Waals surface area contributed by atoms with Gasteiger partial charge in [0.2, 0.25) is 0 Å². The highest BCUT2D eigenvalue weighted by Crippen LogP contribution is 2.19. The number of fused-ring (bicyclic) bond motifs is 1. The molecule has 0 N–H and O–H groups in total. The topological polar surface area (TPSA) is 88.1 Å². The first kappa shape index (κ1) is 19.6. The summed E-state index contributed by atoms with van der Waals surface area (Å²) in [5, 5.41) is 0. The molecule has 8 heteroatoms. The smallest absolute Gasteiger partial charge is 0.337 e. The van der Waals surface area contributed by atoms with Crippen molar-refractivity contribution in [3.63, 3.8) is 0 Å². The number of carbonyl (C=O) groups excluding carboxylic acids is 1. The van der Waals surface area contributed by atoms with Crippen LogP contribution in [0, 0.1) is 6.92 Å². The van der Waals surface area contributed by atoms with Gasteiger partial charge in [-0.25, -0.2) is 19.1 Å². The van der Waals surface area contributed by atoms with Gasteiger partial charge >= 0.3 is 11.7 Å². The maximum absolute atomic E-state index is 13.2. The van der Waals surface area contributed by atoms with E-state index in [2.05, 4.69) is 4.98 Å². The van der Waals surface area contributed by atoms with Crippen molar-refractivity contribution in [2.45, 2.75) is 46.7 Å². The van der Waals surface area contributed by atoms with E-state index in [0.29, 0.717) is 5.69 Å². The Bertz CT molecular complexity index is 1150. The molecule has 2 heterocycles. The van der Waals surface area contributed by atoms with Crippen LogP contribution in [0.2, 0.25) is 0 Å². The molecular formula is C20H24N4O4. The molecule has 0 bridgehead atoms. The molecular weight excluding hydrogens is 360 g/mol. The van der Waals surface area contributed by atoms with Gasteiger partial charge in [-0.05, 0) is 52.3 Å². The van der Waals surface area contributed by atoms with Gasteiger partial charge in [0.15, 0.2) is 11.2 Å². The number of aromatic nitrogens is 4. The van der Waals surface area contributed by atoms with Crippen LogP contribution in [0.3, 0.4) is 0 Å². The normalized spacial score (nSPS) is 12.5. The highest BCUT2D eigenvalue weighted by Gasteiger charge is 2.25. The van der Waals surface area contributed by atoms with Gasteiger partial charge in [-0.1, -0.05) is 12.1 Å². The molecule has 0 amide bonds. The maximum Gasteiger partial charge on any atom is 0.337 e. The Kier molecular flexibility index (Phi) is 5.22. The Morgan fingerprint density at radius 1 is 1.21 bits per heavy atom. The first-order chi connectivity index (χ1) is 13.3. The third-order valence-corrected chi connectivity index (χ3v) is 4.63. The quantitative estimate of drug-likeness (QED) is 0.630. The first-order valence-corrected chi connectivity index (χ1v) is 9.25. The molecule has 0 fully saturated rings. The van der Waals surface area contributed by atoms with Crippen LogP contribution in [0.5, 0.6) is 0 Å². The summed E-state index contributed by atoms with van der Waals surface area (Å²) in [4.78, 5) is 42.9. The van der Waals surface area contributed by atoms with E-state index in [1.54, 1.807) is 33.8 Å². The van der Waals surface area contributed by atoms with E-state index < -0.39 is 23.3 Å². The van der Waals surface area contributed by atoms with Crippen LogP contribution in [0.25, 0.3) is 16.9 Å². The molecule has 28 heavy (non-hydrogen) atoms. The van der Waals surface area contributed by atoms with Crippen LogP contribution in [0.4, 0.5) is 0 Å². The number of imidazole rings is 1. The van der Waals surface area contributed by atoms with Crippen molar-refractivity contribution in [3.8, 4) is 5.69 Å². The summed E-state index contributed by atoms with van der Waals surface area (Å²) < 4.78 is 9.15. The van der Waals surface area contributed by atoms with Crippen LogP contribution in [-0.2, 0) is 9.53 Å². The van der Waals surface area contributed by atoms with Crippen molar-refractivity contribution in [2.24, 2.45) is 0 Å². The molecule has 2 aromatic heterocycles. The first-order valence-electron chi connectivity index (χ1n) is 9.25. The molecule has 1 atom stereocenters. The summed E-state index contributed by atoms with van der Waals surface area (Å²) in [5.74, 6) is -0.467. The summed E-state index contributed by atoms with van der Waals surface area (Å²) in [6, 6.07) is 6.29. The standard InChI is InChI=1S/C20H24N4O4/c1-6-28-19(26)14(5)22-11-21-17-16(22)18(25)23(12(2)3)20(27)24(17)15-9-7-8-13(4)10-15/h7-12,14H,6H2,1-5H3/t14-/m1/s1. The fraction of sp³-hybridized carbons (Fsp3) is 0.400. The zero-order chi connectivity index (χ0) is 20.6. The molecule has 3 aromatic rings. The third kappa shape index (κ3) is 3.15. The predicted molar refractivity (Wildman–Crippen MR) is 106 cm³/mol. The van der Waals surface area contributed by atoms with Crippen LogP contribution in [-0.4, -0.2) is 31.3 Å². The highest BCUT2D eigenvalue weighted by molar-refractivity contribution is 5.79. The lowest BCUT2D eigenvalue weighted by atomic mass is 10.2. The Morgan fingerprint density at radius 3 is 2.54 bits per heavy atom. The van der Waals surface area contributed by atoms with E-state index in [1.807, 2.05) is 25.1 Å². The van der Waals surface area contributed by atoms with Gasteiger partial charge in [0.1, 0.15) is 6.04 Å². The second-order valence-corrected chi connectivity index (χ2v) is 6.98. The molecule has 0 saturated carbocycles. The molecule has 0 spiro atoms. The summed E-state index contributed by atoms with van der Waals surface area (Å²) in [6.07, 6.45) is 1.41. The molecule has 148 valence electrons. The largest absolute Gasteiger partial charge is 0.464 e. The fourth-order valence-electron chi connectivity index (χ4n) is 3.25. The summed E-state index contributed by atoms with van der Waals surface area (Å²) >= 11 is 0. The lowest BCUT2D eigenvalue weighted by Gasteiger charge is -2.17. The van der Waals surface area contributed by atoms with Gasteiger partial charge < -0.3 is 9.30 Å². The van der Waals surface area contributed by atoms with Gasteiger partial charge in [-0.3, -0.25) is 9.36 Å². The lowest BCUT2D eigenvalue weighted by Crippen LogP contribution is -2.41. The number of benzene rings is 1. The van der Waals surface area contributed by atoms with Crippen molar-refractivity contribution >= 4 is 17.1 Å². The monoisotopic (exact) mass is 384 g/mol. The number of hydrogen-bond acceptors (Lipinski definition) is 5. The minimum absolute atomic E-state index is 0.190. The molecule has 3 rings (SSSR count). The molecule has 0 unspecified atom stereocenters. The second-order valence-electron chi connectivity index (χ2n) is 6.98. The Labute approximate surface area is 162 Å². The third-order valence-electron chi connectivity index (χ3n) is 4.63. The number of hydrogen-bond donors (Lipinski definition) is 0. The van der Waals surface area contributed by atoms with Crippen molar-refractivity contribution in [1.29, 1.82) is 0 Å². The zero-order valence-electron chi connectivity index (χ0n) is 16.7. The number of aryl methyl sites for hydroxylation is 1. The van der Waals surface area contributed by atoms with E-state index in [4.69, 9.17) is 4.74 Å². The van der Waals surface area contributed by atoms with E-state index in [1.165, 1.54) is 20.0 Å². The van der Waals surface area contributed by atoms with Crippen LogP contribution < -0.4 is 11.2 Å². The number of nitrogens with zero attached hydrogens (tertiary/aromatic N) is 4. The number of rotatable bonds is 5. The van der Waals surface area contributed by atoms with E-state index in [-0.39, 0.29) is 23.8 Å². The molecule has 0 aliphatic heterocycles. The maximum atomic E-state index is 13.2. The Balaban J connectivity index is 2.41. The van der Waals surface area contributed by atoms with Crippen LogP contribution in [0.15, 0.2) is 40.2 Å². The average Bonchev–Trinajstić information content (AvgIpc) is 3.06. The molecule has 0 radical (unpaired) electrons. The molecule has 0 saturated heterocycles. The summed E-state index contributed by atoms with van der Waals surface area (Å²) in [7, 11) is 0. The molecule has 8 nitrogen and oxygen atoms in total. The minimum Gasteiger partial charge on any atom is -0.464 e. The summed E-state index contributed by atoms with van der Waals surface area (Å²) in [6.45, 7) is 9.05. The SMILES string of the molecule is CCOC(=O)[C@@H](C)n1cnc2c1c(=O)n(C(C)C)c(=O)n2-c1cccc(C)c1. The van der Waals surface area contributed by atoms with Crippen LogP contribution in [0.1, 0.15) is 45.3 Å². The van der Waals surface area contributed by atoms with E-state index >= 15 is 0 Å². The van der Waals surface area contributed by atoms with Crippen LogP contribution >= 0.6 is 0 Å². The van der Waals surface area contributed by atoms with Crippen molar-refractivity contribution in [2.75, 3.05) is 6.61 Å². The van der Waals surface area contributed by atoms with Gasteiger partial charge in [0.05, 0.1) is 18.6 Å². The second kappa shape index (κ2) is 7.46. The number of esters is 1. The van der Waals surface area contributed by atoms with Gasteiger partial charge in [-0.2, -0.15) is 0 Å². The van der Waals surface area contributed by atoms with Gasteiger partial charge in [0.25, 0.3) is 5.56 Å². The minimum atomic E-state index is -0.748. The average molecular weight is 384 g/mol. The van der Waals surface area contributed by atoms with Gasteiger partial charge in [0, 0.05) is 6.04 Å². The number of carbonyl (C=O) groups is 1. The van der Waals surface area contributed by atoms with E-state index in [0.717, 1.165) is 5.56 Å². The Morgan fingerprint density at radius 2 is 1.93 bits per heavy atom. The van der Waals surface area contributed by atoms with Gasteiger partial charge in [-0.15, -0.1) is 0 Å². The predicted octanol–water partition coefficient (Wildman–Crippen LogP) is 2.36. The van der Waals surface area contributed by atoms with Crippen molar-refractivity contribution in [3.05, 3.63) is 57.0 Å². The molecule has 0 aliphatic rings. The molecule has 1 aromatic carbocycles. The molecule has 0 aliphatic carbocycles. The number of ether oxygens (including phenoxy) is 1. The van der Waals surface area contributed by atoms with E-state index in [9.17, 15) is 14.4 Å². The van der Waals surface area contributed by atoms with Crippen molar-refractivity contribution in [1.82, 2.24) is 18.7 Å². The lowest BCUT2D eigenvalue weighted by molar-refractivity contribution is -0.146. The summed E-state index contributed by atoms with van der Waals surface area (Å²) in [5.41, 5.74) is 1.04.